The van der Waals surface area contributed by atoms with E-state index in [0.717, 1.165) is 0 Å². The van der Waals surface area contributed by atoms with E-state index in [1.807, 2.05) is 0 Å². The van der Waals surface area contributed by atoms with Crippen molar-refractivity contribution in [2.75, 3.05) is 46.7 Å². The van der Waals surface area contributed by atoms with Crippen molar-refractivity contribution in [2.24, 2.45) is 16.9 Å². The average Bonchev–Trinajstić information content (AvgIpc) is 2.77. The topological polar surface area (TPSA) is 208 Å². The Balaban J connectivity index is 4.93. The minimum Gasteiger partial charge on any atom is -0.465 e. The number of hydrogen-bond acceptors (Lipinski definition) is 14. The van der Waals surface area contributed by atoms with Gasteiger partial charge in [0.1, 0.15) is 37.6 Å². The summed E-state index contributed by atoms with van der Waals surface area (Å²) >= 11 is 0. The second kappa shape index (κ2) is 17.0. The fraction of sp³-hybridized carbons (Fsp3) is 0.800. The van der Waals surface area contributed by atoms with Crippen LogP contribution >= 0.6 is 0 Å². The van der Waals surface area contributed by atoms with Gasteiger partial charge in [0, 0.05) is 7.11 Å². The van der Waals surface area contributed by atoms with Crippen LogP contribution in [0.2, 0.25) is 0 Å². The number of nitrogens with two attached hydrogens (primary N) is 2. The highest BCUT2D eigenvalue weighted by atomic mass is 16.7. The van der Waals surface area contributed by atoms with Gasteiger partial charge in [-0.15, -0.1) is 0 Å². The maximum Gasteiger partial charge on any atom is 0.508 e. The van der Waals surface area contributed by atoms with Crippen LogP contribution in [0.4, 0.5) is 4.79 Å². The third kappa shape index (κ3) is 13.9. The lowest BCUT2D eigenvalue weighted by Gasteiger charge is -2.27. The molecule has 0 amide bonds. The van der Waals surface area contributed by atoms with Gasteiger partial charge >= 0.3 is 24.1 Å². The van der Waals surface area contributed by atoms with Gasteiger partial charge in [0.05, 0.1) is 13.2 Å². The van der Waals surface area contributed by atoms with E-state index in [2.05, 4.69) is 5.32 Å². The molecule has 0 aliphatic rings. The lowest BCUT2D eigenvalue weighted by molar-refractivity contribution is -0.177. The molecule has 6 N–H and O–H groups in total. The Labute approximate surface area is 198 Å². The number of aliphatic hydroxyl groups is 1. The van der Waals surface area contributed by atoms with Gasteiger partial charge < -0.3 is 45.0 Å². The summed E-state index contributed by atoms with van der Waals surface area (Å²) in [6.45, 7) is 3.38. The zero-order chi connectivity index (χ0) is 26.1. The molecule has 0 spiro atoms. The zero-order valence-electron chi connectivity index (χ0n) is 20.1. The van der Waals surface area contributed by atoms with Crippen molar-refractivity contribution in [3.8, 4) is 0 Å². The van der Waals surface area contributed by atoms with Crippen molar-refractivity contribution in [1.29, 1.82) is 0 Å². The number of aliphatic hydroxyl groups excluding tert-OH is 1. The molecule has 0 bridgehead atoms. The molecule has 0 aromatic heterocycles. The highest BCUT2D eigenvalue weighted by Crippen LogP contribution is 2.21. The summed E-state index contributed by atoms with van der Waals surface area (Å²) in [5.74, 6) is -2.78. The van der Waals surface area contributed by atoms with E-state index in [1.54, 1.807) is 0 Å². The summed E-state index contributed by atoms with van der Waals surface area (Å²) in [5, 5.41) is 12.0. The van der Waals surface area contributed by atoms with E-state index in [1.165, 1.54) is 27.9 Å². The quantitative estimate of drug-likeness (QED) is 0.0805. The molecule has 34 heavy (non-hydrogen) atoms. The SMILES string of the molecule is COCCOC(=O)OCC(C)(COC(=O)[C@H](C)OC(=O)[C@@H](C)O)C(=O)OCCCCNC(N)N. The first kappa shape index (κ1) is 31.5. The van der Waals surface area contributed by atoms with Crippen LogP contribution in [0, 0.1) is 5.41 Å². The van der Waals surface area contributed by atoms with Gasteiger partial charge in [0.25, 0.3) is 0 Å². The van der Waals surface area contributed by atoms with E-state index in [9.17, 15) is 24.3 Å². The van der Waals surface area contributed by atoms with Crippen LogP contribution in [-0.4, -0.2) is 94.4 Å². The Kier molecular flexibility index (Phi) is 15.7. The van der Waals surface area contributed by atoms with E-state index in [4.69, 9.17) is 39.9 Å². The molecular formula is C20H37N3O11. The van der Waals surface area contributed by atoms with Crippen LogP contribution in [-0.2, 0) is 42.8 Å². The monoisotopic (exact) mass is 495 g/mol. The lowest BCUT2D eigenvalue weighted by Crippen LogP contribution is -2.45. The Morgan fingerprint density at radius 1 is 0.912 bits per heavy atom. The summed E-state index contributed by atoms with van der Waals surface area (Å²) < 4.78 is 29.6. The number of hydrogen-bond donors (Lipinski definition) is 4. The fourth-order valence-corrected chi connectivity index (χ4v) is 2.13. The van der Waals surface area contributed by atoms with E-state index < -0.39 is 61.2 Å². The number of unbranched alkanes of at least 4 members (excludes halogenated alkanes) is 1. The first-order valence-corrected chi connectivity index (χ1v) is 10.7. The van der Waals surface area contributed by atoms with Crippen LogP contribution < -0.4 is 16.8 Å². The molecule has 0 radical (unpaired) electrons. The molecule has 14 nitrogen and oxygen atoms in total. The molecule has 0 saturated heterocycles. The normalized spacial score (nSPS) is 14.5. The van der Waals surface area contributed by atoms with E-state index >= 15 is 0 Å². The van der Waals surface area contributed by atoms with Crippen molar-refractivity contribution in [3.63, 3.8) is 0 Å². The van der Waals surface area contributed by atoms with Crippen molar-refractivity contribution in [2.45, 2.75) is 52.1 Å². The standard InChI is InChI=1S/C20H37N3O11/c1-13(24)15(25)34-14(2)16(26)32-11-20(3,12-33-19(28)31-10-9-29-4)17(27)30-8-6-5-7-23-18(21)22/h13-14,18,23-24H,5-12,21-22H2,1-4H3/t13-,14+,20?/m1/s1. The number of carbonyl (C=O) groups is 4. The number of rotatable bonds is 17. The number of ether oxygens (including phenoxy) is 6. The van der Waals surface area contributed by atoms with Gasteiger partial charge in [-0.3, -0.25) is 10.1 Å². The Morgan fingerprint density at radius 3 is 2.15 bits per heavy atom. The van der Waals surface area contributed by atoms with Crippen molar-refractivity contribution in [3.05, 3.63) is 0 Å². The minimum atomic E-state index is -1.58. The number of carbonyl (C=O) groups excluding carboxylic acids is 4. The second-order valence-corrected chi connectivity index (χ2v) is 7.63. The molecule has 198 valence electrons. The molecule has 3 atom stereocenters. The zero-order valence-corrected chi connectivity index (χ0v) is 20.1. The van der Waals surface area contributed by atoms with E-state index in [0.29, 0.717) is 19.4 Å². The molecule has 14 heteroatoms. The Hall–Kier alpha value is -2.52. The first-order chi connectivity index (χ1) is 15.9. The van der Waals surface area contributed by atoms with Crippen molar-refractivity contribution >= 4 is 24.1 Å². The summed E-state index contributed by atoms with van der Waals surface area (Å²) in [6, 6.07) is 0. The van der Waals surface area contributed by atoms with Gasteiger partial charge in [0.15, 0.2) is 6.10 Å². The molecular weight excluding hydrogens is 458 g/mol. The van der Waals surface area contributed by atoms with Gasteiger partial charge in [-0.25, -0.2) is 14.4 Å². The number of esters is 3. The first-order valence-electron chi connectivity index (χ1n) is 10.7. The predicted molar refractivity (Wildman–Crippen MR) is 116 cm³/mol. The number of methoxy groups -OCH3 is 1. The van der Waals surface area contributed by atoms with E-state index in [-0.39, 0.29) is 19.8 Å². The predicted octanol–water partition coefficient (Wildman–Crippen LogP) is -1.24. The smallest absolute Gasteiger partial charge is 0.465 e. The molecule has 0 fully saturated rings. The van der Waals surface area contributed by atoms with Gasteiger partial charge in [-0.1, -0.05) is 0 Å². The largest absolute Gasteiger partial charge is 0.508 e. The molecule has 0 aromatic rings. The average molecular weight is 496 g/mol. The summed E-state index contributed by atoms with van der Waals surface area (Å²) in [7, 11) is 1.43. The van der Waals surface area contributed by atoms with Crippen LogP contribution in [0.5, 0.6) is 0 Å². The van der Waals surface area contributed by atoms with Crippen LogP contribution in [0.3, 0.4) is 0 Å². The maximum atomic E-state index is 12.7. The summed E-state index contributed by atoms with van der Waals surface area (Å²) in [5.41, 5.74) is 9.16. The van der Waals surface area contributed by atoms with Crippen molar-refractivity contribution < 1.29 is 52.7 Å². The lowest BCUT2D eigenvalue weighted by atomic mass is 9.93. The molecule has 0 rings (SSSR count). The highest BCUT2D eigenvalue weighted by molar-refractivity contribution is 5.81. The highest BCUT2D eigenvalue weighted by Gasteiger charge is 2.39. The van der Waals surface area contributed by atoms with Gasteiger partial charge in [0.2, 0.25) is 0 Å². The fourth-order valence-electron chi connectivity index (χ4n) is 2.13. The summed E-state index contributed by atoms with van der Waals surface area (Å²) in [4.78, 5) is 48.0. The third-order valence-corrected chi connectivity index (χ3v) is 4.19. The van der Waals surface area contributed by atoms with Crippen molar-refractivity contribution in [1.82, 2.24) is 5.32 Å². The number of nitrogens with one attached hydrogen (secondary N) is 1. The molecule has 0 saturated carbocycles. The Morgan fingerprint density at radius 2 is 1.56 bits per heavy atom. The van der Waals surface area contributed by atoms with Crippen LogP contribution in [0.1, 0.15) is 33.6 Å². The minimum absolute atomic E-state index is 0.0462. The van der Waals surface area contributed by atoms with Crippen LogP contribution in [0.25, 0.3) is 0 Å². The Bertz CT molecular complexity index is 645. The van der Waals surface area contributed by atoms with Gasteiger partial charge in [-0.2, -0.15) is 0 Å². The maximum absolute atomic E-state index is 12.7. The summed E-state index contributed by atoms with van der Waals surface area (Å²) in [6.07, 6.45) is -3.35. The molecule has 1 unspecified atom stereocenters. The molecule has 0 heterocycles. The van der Waals surface area contributed by atoms with Gasteiger partial charge in [-0.05, 0) is 40.2 Å². The molecule has 0 aliphatic heterocycles. The third-order valence-electron chi connectivity index (χ3n) is 4.19. The second-order valence-electron chi connectivity index (χ2n) is 7.63. The van der Waals surface area contributed by atoms with Crippen LogP contribution in [0.15, 0.2) is 0 Å². The molecule has 0 aromatic carbocycles. The molecule has 0 aliphatic carbocycles.